The maximum absolute atomic E-state index is 12.2. The van der Waals surface area contributed by atoms with Crippen molar-refractivity contribution in [3.8, 4) is 5.75 Å². The summed E-state index contributed by atoms with van der Waals surface area (Å²) in [5.74, 6) is -0.340. The first-order valence-corrected chi connectivity index (χ1v) is 4.34. The van der Waals surface area contributed by atoms with E-state index in [1.54, 1.807) is 6.92 Å². The third kappa shape index (κ3) is 3.01. The summed E-state index contributed by atoms with van der Waals surface area (Å²) in [6, 6.07) is 2.96. The van der Waals surface area contributed by atoms with Crippen LogP contribution in [0, 0.1) is 0 Å². The second-order valence-corrected chi connectivity index (χ2v) is 3.48. The van der Waals surface area contributed by atoms with Crippen LogP contribution in [0.4, 0.5) is 13.2 Å². The number of phenolic OH excluding ortho intramolecular Hbond substituents is 1. The van der Waals surface area contributed by atoms with E-state index in [4.69, 9.17) is 0 Å². The van der Waals surface area contributed by atoms with Crippen LogP contribution in [0.15, 0.2) is 30.4 Å². The normalized spacial score (nSPS) is 11.5. The van der Waals surface area contributed by atoms with Gasteiger partial charge < -0.3 is 5.11 Å². The highest BCUT2D eigenvalue weighted by Gasteiger charge is 2.30. The van der Waals surface area contributed by atoms with Crippen molar-refractivity contribution in [1.29, 1.82) is 0 Å². The molecule has 0 spiro atoms. The van der Waals surface area contributed by atoms with Gasteiger partial charge in [-0.3, -0.25) is 0 Å². The van der Waals surface area contributed by atoms with E-state index in [9.17, 15) is 18.3 Å². The van der Waals surface area contributed by atoms with Crippen molar-refractivity contribution in [2.75, 3.05) is 0 Å². The fourth-order valence-corrected chi connectivity index (χ4v) is 1.21. The Hall–Kier alpha value is -1.45. The Morgan fingerprint density at radius 2 is 2.00 bits per heavy atom. The zero-order valence-corrected chi connectivity index (χ0v) is 8.23. The minimum atomic E-state index is -4.42. The molecule has 4 heteroatoms. The van der Waals surface area contributed by atoms with Crippen LogP contribution in [0.5, 0.6) is 5.75 Å². The minimum Gasteiger partial charge on any atom is -0.508 e. The van der Waals surface area contributed by atoms with Crippen LogP contribution in [-0.4, -0.2) is 5.11 Å². The van der Waals surface area contributed by atoms with Gasteiger partial charge in [0.2, 0.25) is 0 Å². The van der Waals surface area contributed by atoms with Crippen molar-refractivity contribution >= 4 is 0 Å². The van der Waals surface area contributed by atoms with Gasteiger partial charge in [-0.1, -0.05) is 18.2 Å². The molecule has 1 nitrogen and oxygen atoms in total. The SMILES string of the molecule is C=C(C)Cc1ccc(C(F)(F)F)cc1O. The molecular weight excluding hydrogens is 205 g/mol. The highest BCUT2D eigenvalue weighted by molar-refractivity contribution is 5.39. The molecule has 0 bridgehead atoms. The first-order chi connectivity index (χ1) is 6.80. The van der Waals surface area contributed by atoms with E-state index in [1.165, 1.54) is 6.07 Å². The molecule has 1 aromatic rings. The summed E-state index contributed by atoms with van der Waals surface area (Å²) in [5.41, 5.74) is 0.394. The van der Waals surface area contributed by atoms with Gasteiger partial charge in [0.05, 0.1) is 5.56 Å². The first kappa shape index (κ1) is 11.6. The molecule has 0 saturated carbocycles. The largest absolute Gasteiger partial charge is 0.508 e. The molecule has 1 rings (SSSR count). The molecule has 0 aliphatic carbocycles. The van der Waals surface area contributed by atoms with Gasteiger partial charge in [0.15, 0.2) is 0 Å². The number of aromatic hydroxyl groups is 1. The Labute approximate surface area is 85.9 Å². The zero-order chi connectivity index (χ0) is 11.6. The molecule has 0 amide bonds. The summed E-state index contributed by atoms with van der Waals surface area (Å²) in [6.07, 6.45) is -4.04. The zero-order valence-electron chi connectivity index (χ0n) is 8.23. The maximum Gasteiger partial charge on any atom is 0.416 e. The fourth-order valence-electron chi connectivity index (χ4n) is 1.21. The highest BCUT2D eigenvalue weighted by atomic mass is 19.4. The number of rotatable bonds is 2. The van der Waals surface area contributed by atoms with Crippen molar-refractivity contribution in [2.24, 2.45) is 0 Å². The summed E-state index contributed by atoms with van der Waals surface area (Å²) in [5, 5.41) is 9.36. The second kappa shape index (κ2) is 3.96. The van der Waals surface area contributed by atoms with E-state index in [2.05, 4.69) is 6.58 Å². The molecule has 0 radical (unpaired) electrons. The lowest BCUT2D eigenvalue weighted by Crippen LogP contribution is -2.04. The van der Waals surface area contributed by atoms with Gasteiger partial charge in [-0.05, 0) is 31.0 Å². The number of benzene rings is 1. The molecule has 15 heavy (non-hydrogen) atoms. The lowest BCUT2D eigenvalue weighted by molar-refractivity contribution is -0.137. The molecule has 0 heterocycles. The molecule has 0 aliphatic rings. The van der Waals surface area contributed by atoms with Gasteiger partial charge in [0.1, 0.15) is 5.75 Å². The molecular formula is C11H11F3O. The van der Waals surface area contributed by atoms with E-state index in [-0.39, 0.29) is 5.75 Å². The molecule has 0 aromatic heterocycles. The number of halogens is 3. The predicted molar refractivity (Wildman–Crippen MR) is 51.6 cm³/mol. The van der Waals surface area contributed by atoms with Gasteiger partial charge in [0, 0.05) is 0 Å². The Morgan fingerprint density at radius 1 is 1.40 bits per heavy atom. The van der Waals surface area contributed by atoms with Crippen LogP contribution in [0.25, 0.3) is 0 Å². The molecule has 0 fully saturated rings. The average molecular weight is 216 g/mol. The Morgan fingerprint density at radius 3 is 2.40 bits per heavy atom. The molecule has 0 aliphatic heterocycles. The standard InChI is InChI=1S/C11H11F3O/c1-7(2)5-8-3-4-9(6-10(8)15)11(12,13)14/h3-4,6,15H,1,5H2,2H3. The fraction of sp³-hybridized carbons (Fsp3) is 0.273. The maximum atomic E-state index is 12.2. The lowest BCUT2D eigenvalue weighted by atomic mass is 10.0. The van der Waals surface area contributed by atoms with Crippen LogP contribution < -0.4 is 0 Å². The smallest absolute Gasteiger partial charge is 0.416 e. The lowest BCUT2D eigenvalue weighted by Gasteiger charge is -2.09. The van der Waals surface area contributed by atoms with Crippen LogP contribution >= 0.6 is 0 Å². The van der Waals surface area contributed by atoms with E-state index >= 15 is 0 Å². The van der Waals surface area contributed by atoms with Gasteiger partial charge >= 0.3 is 6.18 Å². The summed E-state index contributed by atoms with van der Waals surface area (Å²) >= 11 is 0. The molecule has 1 aromatic carbocycles. The highest BCUT2D eigenvalue weighted by Crippen LogP contribution is 2.33. The van der Waals surface area contributed by atoms with Crippen LogP contribution in [0.2, 0.25) is 0 Å². The van der Waals surface area contributed by atoms with Gasteiger partial charge in [-0.2, -0.15) is 13.2 Å². The summed E-state index contributed by atoms with van der Waals surface area (Å²) in [4.78, 5) is 0. The molecule has 0 saturated heterocycles. The van der Waals surface area contributed by atoms with Crippen LogP contribution in [-0.2, 0) is 12.6 Å². The van der Waals surface area contributed by atoms with Crippen molar-refractivity contribution < 1.29 is 18.3 Å². The van der Waals surface area contributed by atoms with Gasteiger partial charge in [0.25, 0.3) is 0 Å². The first-order valence-electron chi connectivity index (χ1n) is 4.34. The third-order valence-electron chi connectivity index (χ3n) is 1.90. The van der Waals surface area contributed by atoms with Crippen LogP contribution in [0.1, 0.15) is 18.1 Å². The van der Waals surface area contributed by atoms with Crippen LogP contribution in [0.3, 0.4) is 0 Å². The van der Waals surface area contributed by atoms with Crippen molar-refractivity contribution in [3.63, 3.8) is 0 Å². The molecule has 0 unspecified atom stereocenters. The van der Waals surface area contributed by atoms with Gasteiger partial charge in [-0.15, -0.1) is 0 Å². The van der Waals surface area contributed by atoms with E-state index < -0.39 is 11.7 Å². The number of hydrogen-bond acceptors (Lipinski definition) is 1. The molecule has 82 valence electrons. The van der Waals surface area contributed by atoms with E-state index in [0.717, 1.165) is 17.7 Å². The third-order valence-corrected chi connectivity index (χ3v) is 1.90. The van der Waals surface area contributed by atoms with Gasteiger partial charge in [-0.25, -0.2) is 0 Å². The van der Waals surface area contributed by atoms with Crippen molar-refractivity contribution in [3.05, 3.63) is 41.5 Å². The number of hydrogen-bond donors (Lipinski definition) is 1. The Balaban J connectivity index is 3.03. The Kier molecular flexibility index (Phi) is 3.07. The van der Waals surface area contributed by atoms with E-state index in [1.807, 2.05) is 0 Å². The second-order valence-electron chi connectivity index (χ2n) is 3.48. The summed E-state index contributed by atoms with van der Waals surface area (Å²) < 4.78 is 36.7. The number of alkyl halides is 3. The topological polar surface area (TPSA) is 20.2 Å². The summed E-state index contributed by atoms with van der Waals surface area (Å²) in [7, 11) is 0. The van der Waals surface area contributed by atoms with Crippen molar-refractivity contribution in [2.45, 2.75) is 19.5 Å². The quantitative estimate of drug-likeness (QED) is 0.750. The van der Waals surface area contributed by atoms with Crippen molar-refractivity contribution in [1.82, 2.24) is 0 Å². The monoisotopic (exact) mass is 216 g/mol. The molecule has 0 atom stereocenters. The molecule has 1 N–H and O–H groups in total. The number of phenols is 1. The average Bonchev–Trinajstić information content (AvgIpc) is 2.05. The number of allylic oxidation sites excluding steroid dienone is 1. The Bertz CT molecular complexity index is 380. The summed E-state index contributed by atoms with van der Waals surface area (Å²) in [6.45, 7) is 5.38. The predicted octanol–water partition coefficient (Wildman–Crippen LogP) is 3.53. The van der Waals surface area contributed by atoms with E-state index in [0.29, 0.717) is 12.0 Å². The minimum absolute atomic E-state index is 0.340.